The Hall–Kier alpha value is -4.19. The van der Waals surface area contributed by atoms with Gasteiger partial charge in [-0.3, -0.25) is 0 Å². The summed E-state index contributed by atoms with van der Waals surface area (Å²) in [5, 5.41) is 3.07. The van der Waals surface area contributed by atoms with Gasteiger partial charge in [0.05, 0.1) is 37.7 Å². The third-order valence-electron chi connectivity index (χ3n) is 6.08. The highest BCUT2D eigenvalue weighted by Gasteiger charge is 2.33. The Labute approximate surface area is 199 Å². The number of fused-ring (bicyclic) bond motifs is 3. The topological polar surface area (TPSA) is 55.7 Å². The van der Waals surface area contributed by atoms with Gasteiger partial charge in [-0.15, -0.1) is 0 Å². The molecule has 0 radical (unpaired) electrons. The molecule has 5 rings (SSSR count). The maximum atomic E-state index is 13.8. The van der Waals surface area contributed by atoms with Crippen LogP contribution < -0.4 is 14.8 Å². The zero-order valence-electron chi connectivity index (χ0n) is 19.3. The van der Waals surface area contributed by atoms with Gasteiger partial charge in [-0.25, -0.2) is 4.79 Å². The van der Waals surface area contributed by atoms with Gasteiger partial charge in [0.2, 0.25) is 0 Å². The zero-order chi connectivity index (χ0) is 23.5. The molecule has 2 heterocycles. The monoisotopic (exact) mass is 453 g/mol. The molecular formula is C28H27N3O3. The lowest BCUT2D eigenvalue weighted by atomic mass is 10.0. The van der Waals surface area contributed by atoms with Gasteiger partial charge in [-0.2, -0.15) is 0 Å². The van der Waals surface area contributed by atoms with E-state index in [1.54, 1.807) is 7.11 Å². The Bertz CT molecular complexity index is 1300. The van der Waals surface area contributed by atoms with Crippen molar-refractivity contribution in [3.8, 4) is 17.2 Å². The molecule has 1 aromatic heterocycles. The first-order valence-corrected chi connectivity index (χ1v) is 11.4. The summed E-state index contributed by atoms with van der Waals surface area (Å²) < 4.78 is 13.3. The van der Waals surface area contributed by atoms with Crippen molar-refractivity contribution in [1.82, 2.24) is 9.47 Å². The highest BCUT2D eigenvalue weighted by molar-refractivity contribution is 5.91. The molecule has 172 valence electrons. The molecule has 6 nitrogen and oxygen atoms in total. The maximum Gasteiger partial charge on any atom is 0.323 e. The van der Waals surface area contributed by atoms with E-state index in [2.05, 4.69) is 34.3 Å². The van der Waals surface area contributed by atoms with Crippen molar-refractivity contribution in [3.63, 3.8) is 0 Å². The Morgan fingerprint density at radius 3 is 2.53 bits per heavy atom. The van der Waals surface area contributed by atoms with Gasteiger partial charge < -0.3 is 24.3 Å². The smallest absolute Gasteiger partial charge is 0.323 e. The number of ether oxygens (including phenoxy) is 2. The number of hydrogen-bond acceptors (Lipinski definition) is 3. The second-order valence-corrected chi connectivity index (χ2v) is 8.09. The molecule has 4 aromatic rings. The van der Waals surface area contributed by atoms with Gasteiger partial charge >= 0.3 is 6.03 Å². The first-order valence-electron chi connectivity index (χ1n) is 11.4. The lowest BCUT2D eigenvalue weighted by Crippen LogP contribution is -2.38. The number of methoxy groups -OCH3 is 1. The van der Waals surface area contributed by atoms with E-state index in [0.717, 1.165) is 28.3 Å². The van der Waals surface area contributed by atoms with Crippen molar-refractivity contribution in [2.75, 3.05) is 19.0 Å². The highest BCUT2D eigenvalue weighted by atomic mass is 16.5. The number of para-hydroxylation sites is 3. The standard InChI is InChI=1S/C28H27N3O3/c1-3-34-22-16-14-20(15-17-22)27-25-12-8-18-30(25)24-11-6-4-9-21(24)19-31(27)28(32)29-23-10-5-7-13-26(23)33-2/h4-18,27H,3,19H2,1-2H3,(H,29,32)/t27-/m1/s1. The van der Waals surface area contributed by atoms with E-state index in [4.69, 9.17) is 9.47 Å². The average molecular weight is 454 g/mol. The minimum Gasteiger partial charge on any atom is -0.495 e. The van der Waals surface area contributed by atoms with E-state index in [9.17, 15) is 4.79 Å². The number of aromatic nitrogens is 1. The lowest BCUT2D eigenvalue weighted by molar-refractivity contribution is 0.194. The lowest BCUT2D eigenvalue weighted by Gasteiger charge is -2.31. The first kappa shape index (κ1) is 21.6. The molecule has 3 aromatic carbocycles. The third kappa shape index (κ3) is 3.99. The van der Waals surface area contributed by atoms with Crippen molar-refractivity contribution in [2.24, 2.45) is 0 Å². The van der Waals surface area contributed by atoms with E-state index >= 15 is 0 Å². The number of anilines is 1. The number of amides is 2. The van der Waals surface area contributed by atoms with Crippen LogP contribution in [0.5, 0.6) is 11.5 Å². The summed E-state index contributed by atoms with van der Waals surface area (Å²) in [4.78, 5) is 15.7. The molecule has 0 aliphatic carbocycles. The molecule has 0 saturated carbocycles. The van der Waals surface area contributed by atoms with E-state index in [0.29, 0.717) is 24.6 Å². The van der Waals surface area contributed by atoms with Gasteiger partial charge in [0, 0.05) is 11.9 Å². The molecule has 1 aliphatic rings. The quantitative estimate of drug-likeness (QED) is 0.402. The summed E-state index contributed by atoms with van der Waals surface area (Å²) in [6, 6.07) is 27.2. The molecule has 0 spiro atoms. The van der Waals surface area contributed by atoms with Crippen molar-refractivity contribution in [3.05, 3.63) is 108 Å². The minimum atomic E-state index is -0.298. The fourth-order valence-electron chi connectivity index (χ4n) is 4.54. The van der Waals surface area contributed by atoms with Gasteiger partial charge in [-0.05, 0) is 60.5 Å². The molecule has 1 aliphatic heterocycles. The van der Waals surface area contributed by atoms with Crippen LogP contribution in [-0.4, -0.2) is 29.2 Å². The van der Waals surface area contributed by atoms with Crippen LogP contribution in [0, 0.1) is 0 Å². The van der Waals surface area contributed by atoms with Gasteiger partial charge in [0.25, 0.3) is 0 Å². The van der Waals surface area contributed by atoms with Gasteiger partial charge in [0.15, 0.2) is 0 Å². The molecule has 0 saturated heterocycles. The summed E-state index contributed by atoms with van der Waals surface area (Å²) in [5.74, 6) is 1.43. The van der Waals surface area contributed by atoms with Crippen LogP contribution in [0.1, 0.15) is 29.8 Å². The Morgan fingerprint density at radius 2 is 1.74 bits per heavy atom. The largest absolute Gasteiger partial charge is 0.495 e. The van der Waals surface area contributed by atoms with Crippen LogP contribution in [0.25, 0.3) is 5.69 Å². The molecule has 1 N–H and O–H groups in total. The van der Waals surface area contributed by atoms with Gasteiger partial charge in [-0.1, -0.05) is 42.5 Å². The Morgan fingerprint density at radius 1 is 0.971 bits per heavy atom. The normalized spacial score (nSPS) is 14.5. The second kappa shape index (κ2) is 9.35. The molecule has 1 atom stereocenters. The van der Waals surface area contributed by atoms with E-state index in [1.807, 2.05) is 78.6 Å². The summed E-state index contributed by atoms with van der Waals surface area (Å²) >= 11 is 0. The number of benzene rings is 3. The van der Waals surface area contributed by atoms with Crippen LogP contribution in [-0.2, 0) is 6.54 Å². The van der Waals surface area contributed by atoms with Crippen LogP contribution in [0.15, 0.2) is 91.1 Å². The minimum absolute atomic E-state index is 0.201. The molecular weight excluding hydrogens is 426 g/mol. The van der Waals surface area contributed by atoms with Crippen molar-refractivity contribution < 1.29 is 14.3 Å². The Kier molecular flexibility index (Phi) is 5.95. The maximum absolute atomic E-state index is 13.8. The number of nitrogens with zero attached hydrogens (tertiary/aromatic N) is 2. The van der Waals surface area contributed by atoms with E-state index in [1.165, 1.54) is 0 Å². The molecule has 0 bridgehead atoms. The number of nitrogens with one attached hydrogen (secondary N) is 1. The Balaban J connectivity index is 1.60. The van der Waals surface area contributed by atoms with Crippen molar-refractivity contribution in [2.45, 2.75) is 19.5 Å². The van der Waals surface area contributed by atoms with Crippen LogP contribution in [0.2, 0.25) is 0 Å². The number of urea groups is 1. The SMILES string of the molecule is CCOc1ccc([C@@H]2c3cccn3-c3ccccc3CN2C(=O)Nc2ccccc2OC)cc1. The average Bonchev–Trinajstić information content (AvgIpc) is 3.29. The van der Waals surface area contributed by atoms with E-state index in [-0.39, 0.29) is 12.1 Å². The van der Waals surface area contributed by atoms with Crippen LogP contribution >= 0.6 is 0 Å². The summed E-state index contributed by atoms with van der Waals surface area (Å²) in [5.41, 5.74) is 4.80. The fourth-order valence-corrected chi connectivity index (χ4v) is 4.54. The number of carbonyl (C=O) groups excluding carboxylic acids is 1. The predicted octanol–water partition coefficient (Wildman–Crippen LogP) is 6.02. The summed E-state index contributed by atoms with van der Waals surface area (Å²) in [6.07, 6.45) is 2.05. The molecule has 6 heteroatoms. The number of rotatable bonds is 5. The molecule has 0 fully saturated rings. The summed E-state index contributed by atoms with van der Waals surface area (Å²) in [7, 11) is 1.60. The second-order valence-electron chi connectivity index (χ2n) is 8.09. The van der Waals surface area contributed by atoms with Crippen LogP contribution in [0.3, 0.4) is 0 Å². The van der Waals surface area contributed by atoms with Crippen molar-refractivity contribution in [1.29, 1.82) is 0 Å². The zero-order valence-corrected chi connectivity index (χ0v) is 19.3. The predicted molar refractivity (Wildman–Crippen MR) is 133 cm³/mol. The van der Waals surface area contributed by atoms with Crippen molar-refractivity contribution >= 4 is 11.7 Å². The van der Waals surface area contributed by atoms with Gasteiger partial charge in [0.1, 0.15) is 11.5 Å². The third-order valence-corrected chi connectivity index (χ3v) is 6.08. The van der Waals surface area contributed by atoms with Crippen LogP contribution in [0.4, 0.5) is 10.5 Å². The molecule has 0 unspecified atom stereocenters. The summed E-state index contributed by atoms with van der Waals surface area (Å²) in [6.45, 7) is 3.03. The fraction of sp³-hybridized carbons (Fsp3) is 0.179. The number of carbonyl (C=O) groups is 1. The number of hydrogen-bond donors (Lipinski definition) is 1. The van der Waals surface area contributed by atoms with E-state index < -0.39 is 0 Å². The first-order chi connectivity index (χ1) is 16.7. The molecule has 2 amide bonds. The highest BCUT2D eigenvalue weighted by Crippen LogP contribution is 2.37. The molecule has 34 heavy (non-hydrogen) atoms.